The number of rotatable bonds is 6. The molecule has 0 unspecified atom stereocenters. The molecule has 2 aromatic heterocycles. The fourth-order valence-electron chi connectivity index (χ4n) is 3.21. The summed E-state index contributed by atoms with van der Waals surface area (Å²) in [6.45, 7) is 3.97. The number of nitrogens with zero attached hydrogens (tertiary/aromatic N) is 2. The highest BCUT2D eigenvalue weighted by Gasteiger charge is 2.14. The molecule has 2 heterocycles. The van der Waals surface area contributed by atoms with Gasteiger partial charge in [-0.1, -0.05) is 35.0 Å². The molecule has 0 saturated carbocycles. The molecule has 152 valence electrons. The Kier molecular flexibility index (Phi) is 5.43. The fourth-order valence-corrected chi connectivity index (χ4v) is 3.21. The van der Waals surface area contributed by atoms with Gasteiger partial charge in [-0.2, -0.15) is 4.98 Å². The van der Waals surface area contributed by atoms with Crippen molar-refractivity contribution >= 4 is 22.5 Å². The van der Waals surface area contributed by atoms with Gasteiger partial charge in [0.15, 0.2) is 0 Å². The summed E-state index contributed by atoms with van der Waals surface area (Å²) >= 11 is 0. The molecule has 0 spiro atoms. The number of aromatic amines is 1. The van der Waals surface area contributed by atoms with Crippen molar-refractivity contribution in [2.75, 3.05) is 5.32 Å². The lowest BCUT2D eigenvalue weighted by Crippen LogP contribution is -2.11. The van der Waals surface area contributed by atoms with E-state index in [0.717, 1.165) is 27.7 Å². The van der Waals surface area contributed by atoms with Crippen molar-refractivity contribution in [3.8, 4) is 11.4 Å². The van der Waals surface area contributed by atoms with E-state index in [4.69, 9.17) is 4.52 Å². The van der Waals surface area contributed by atoms with Gasteiger partial charge in [-0.3, -0.25) is 9.59 Å². The van der Waals surface area contributed by atoms with E-state index in [0.29, 0.717) is 30.7 Å². The zero-order chi connectivity index (χ0) is 21.1. The molecule has 4 rings (SSSR count). The lowest BCUT2D eigenvalue weighted by atomic mass is 10.1. The highest BCUT2D eigenvalue weighted by Crippen LogP contribution is 2.19. The first kappa shape index (κ1) is 19.6. The van der Waals surface area contributed by atoms with Crippen LogP contribution in [0, 0.1) is 13.8 Å². The second-order valence-corrected chi connectivity index (χ2v) is 7.38. The number of nitrogens with one attached hydrogen (secondary N) is 2. The highest BCUT2D eigenvalue weighted by molar-refractivity contribution is 5.90. The Morgan fingerprint density at radius 2 is 1.83 bits per heavy atom. The summed E-state index contributed by atoms with van der Waals surface area (Å²) in [7, 11) is 0. The van der Waals surface area contributed by atoms with Crippen molar-refractivity contribution in [3.05, 3.63) is 75.9 Å². The number of benzene rings is 2. The molecular formula is C23H22N4O3. The first-order chi connectivity index (χ1) is 14.5. The average molecular weight is 402 g/mol. The predicted octanol–water partition coefficient (Wildman–Crippen LogP) is 4.16. The van der Waals surface area contributed by atoms with Crippen LogP contribution in [0.15, 0.2) is 57.8 Å². The van der Waals surface area contributed by atoms with Crippen LogP contribution in [-0.4, -0.2) is 21.0 Å². The summed E-state index contributed by atoms with van der Waals surface area (Å²) in [5.74, 6) is 0.578. The number of aromatic nitrogens is 3. The van der Waals surface area contributed by atoms with Crippen LogP contribution in [0.3, 0.4) is 0 Å². The number of hydrogen-bond acceptors (Lipinski definition) is 5. The summed E-state index contributed by atoms with van der Waals surface area (Å²) in [5, 5.41) is 7.70. The maximum atomic E-state index is 12.4. The molecule has 0 aliphatic rings. The van der Waals surface area contributed by atoms with Gasteiger partial charge >= 0.3 is 0 Å². The molecule has 0 radical (unpaired) electrons. The van der Waals surface area contributed by atoms with E-state index in [9.17, 15) is 9.59 Å². The van der Waals surface area contributed by atoms with Crippen LogP contribution in [-0.2, 0) is 11.2 Å². The molecular weight excluding hydrogens is 380 g/mol. The minimum Gasteiger partial charge on any atom is -0.339 e. The molecule has 2 aromatic carbocycles. The van der Waals surface area contributed by atoms with Crippen LogP contribution in [0.25, 0.3) is 22.3 Å². The van der Waals surface area contributed by atoms with Crippen molar-refractivity contribution in [2.24, 2.45) is 0 Å². The lowest BCUT2D eigenvalue weighted by Gasteiger charge is -2.04. The molecule has 0 atom stereocenters. The van der Waals surface area contributed by atoms with Gasteiger partial charge in [-0.15, -0.1) is 0 Å². The van der Waals surface area contributed by atoms with Gasteiger partial charge < -0.3 is 14.8 Å². The lowest BCUT2D eigenvalue weighted by molar-refractivity contribution is -0.116. The summed E-state index contributed by atoms with van der Waals surface area (Å²) in [5.41, 5.74) is 3.85. The number of pyridine rings is 1. The third kappa shape index (κ3) is 4.46. The number of carbonyl (C=O) groups is 1. The zero-order valence-corrected chi connectivity index (χ0v) is 16.9. The predicted molar refractivity (Wildman–Crippen MR) is 115 cm³/mol. The number of hydrogen-bond donors (Lipinski definition) is 2. The monoisotopic (exact) mass is 402 g/mol. The summed E-state index contributed by atoms with van der Waals surface area (Å²) < 4.78 is 5.27. The molecule has 2 N–H and O–H groups in total. The molecule has 7 nitrogen and oxygen atoms in total. The van der Waals surface area contributed by atoms with Crippen molar-refractivity contribution in [1.82, 2.24) is 15.1 Å². The van der Waals surface area contributed by atoms with Crippen molar-refractivity contribution in [3.63, 3.8) is 0 Å². The molecule has 1 amide bonds. The fraction of sp³-hybridized carbons (Fsp3) is 0.217. The van der Waals surface area contributed by atoms with Crippen LogP contribution >= 0.6 is 0 Å². The van der Waals surface area contributed by atoms with Crippen molar-refractivity contribution in [2.45, 2.75) is 33.1 Å². The Morgan fingerprint density at radius 1 is 1.07 bits per heavy atom. The minimum absolute atomic E-state index is 0.0696. The Hall–Kier alpha value is -3.74. The normalized spacial score (nSPS) is 11.0. The molecule has 0 aliphatic heterocycles. The van der Waals surface area contributed by atoms with Gasteiger partial charge in [0, 0.05) is 24.0 Å². The van der Waals surface area contributed by atoms with Crippen LogP contribution < -0.4 is 10.9 Å². The topological polar surface area (TPSA) is 101 Å². The second-order valence-electron chi connectivity index (χ2n) is 7.38. The Bertz CT molecular complexity index is 1260. The van der Waals surface area contributed by atoms with Crippen molar-refractivity contribution < 1.29 is 9.32 Å². The summed E-state index contributed by atoms with van der Waals surface area (Å²) in [4.78, 5) is 31.7. The minimum atomic E-state index is -0.266. The molecule has 7 heteroatoms. The quantitative estimate of drug-likeness (QED) is 0.504. The van der Waals surface area contributed by atoms with Gasteiger partial charge in [0.05, 0.1) is 5.56 Å². The second kappa shape index (κ2) is 8.32. The van der Waals surface area contributed by atoms with Gasteiger partial charge in [0.2, 0.25) is 17.6 Å². The third-order valence-electron chi connectivity index (χ3n) is 4.84. The van der Waals surface area contributed by atoms with E-state index in [1.165, 1.54) is 0 Å². The van der Waals surface area contributed by atoms with E-state index in [-0.39, 0.29) is 17.3 Å². The van der Waals surface area contributed by atoms with Crippen LogP contribution in [0.5, 0.6) is 0 Å². The van der Waals surface area contributed by atoms with Crippen LogP contribution in [0.2, 0.25) is 0 Å². The molecule has 0 bridgehead atoms. The van der Waals surface area contributed by atoms with E-state index in [1.54, 1.807) is 6.07 Å². The zero-order valence-electron chi connectivity index (χ0n) is 16.9. The number of H-pyrrole nitrogens is 1. The maximum absolute atomic E-state index is 12.4. The average Bonchev–Trinajstić information content (AvgIpc) is 3.18. The Balaban J connectivity index is 1.38. The number of amides is 1. The molecule has 30 heavy (non-hydrogen) atoms. The van der Waals surface area contributed by atoms with E-state index in [1.807, 2.05) is 56.3 Å². The number of aryl methyl sites for hydroxylation is 3. The van der Waals surface area contributed by atoms with Gasteiger partial charge in [0.25, 0.3) is 5.56 Å². The first-order valence-corrected chi connectivity index (χ1v) is 9.81. The largest absolute Gasteiger partial charge is 0.339 e. The summed E-state index contributed by atoms with van der Waals surface area (Å²) in [6, 6.07) is 15.3. The van der Waals surface area contributed by atoms with Gasteiger partial charge in [-0.25, -0.2) is 0 Å². The van der Waals surface area contributed by atoms with E-state index >= 15 is 0 Å². The first-order valence-electron chi connectivity index (χ1n) is 9.81. The van der Waals surface area contributed by atoms with Crippen LogP contribution in [0.4, 0.5) is 5.69 Å². The maximum Gasteiger partial charge on any atom is 0.259 e. The molecule has 0 aliphatic carbocycles. The Labute approximate surface area is 173 Å². The number of fused-ring (bicyclic) bond motifs is 1. The van der Waals surface area contributed by atoms with E-state index < -0.39 is 0 Å². The summed E-state index contributed by atoms with van der Waals surface area (Å²) in [6.07, 6.45) is 1.35. The van der Waals surface area contributed by atoms with E-state index in [2.05, 4.69) is 20.4 Å². The SMILES string of the molecule is Cc1ccc(NC(=O)CCCc2nc(-c3cc4ccc(C)cc4[nH]c3=O)no2)cc1. The van der Waals surface area contributed by atoms with Crippen molar-refractivity contribution in [1.29, 1.82) is 0 Å². The molecule has 4 aromatic rings. The smallest absolute Gasteiger partial charge is 0.259 e. The number of carbonyl (C=O) groups excluding carboxylic acids is 1. The third-order valence-corrected chi connectivity index (χ3v) is 4.84. The Morgan fingerprint density at radius 3 is 2.63 bits per heavy atom. The number of anilines is 1. The molecule has 0 fully saturated rings. The van der Waals surface area contributed by atoms with Gasteiger partial charge in [-0.05, 0) is 55.5 Å². The highest BCUT2D eigenvalue weighted by atomic mass is 16.5. The van der Waals surface area contributed by atoms with Crippen LogP contribution in [0.1, 0.15) is 29.9 Å². The molecule has 0 saturated heterocycles. The standard InChI is InChI=1S/C23H22N4O3/c1-14-7-10-17(11-8-14)24-20(28)4-3-5-21-26-22(27-30-21)18-13-16-9-6-15(2)12-19(16)25-23(18)29/h6-13H,3-5H2,1-2H3,(H,24,28)(H,25,29). The van der Waals surface area contributed by atoms with Gasteiger partial charge in [0.1, 0.15) is 0 Å².